The molecule has 1 aliphatic carbocycles. The van der Waals surface area contributed by atoms with E-state index in [1.807, 2.05) is 0 Å². The van der Waals surface area contributed by atoms with Crippen molar-refractivity contribution in [2.75, 3.05) is 6.61 Å². The van der Waals surface area contributed by atoms with Gasteiger partial charge in [0.1, 0.15) is 5.70 Å². The van der Waals surface area contributed by atoms with Gasteiger partial charge in [0, 0.05) is 12.3 Å². The first-order valence-corrected chi connectivity index (χ1v) is 7.94. The highest BCUT2D eigenvalue weighted by Gasteiger charge is 2.41. The third-order valence-electron chi connectivity index (χ3n) is 4.02. The monoisotopic (exact) mass is 368 g/mol. The van der Waals surface area contributed by atoms with E-state index in [2.05, 4.69) is 5.32 Å². The Balaban J connectivity index is 2.90. The van der Waals surface area contributed by atoms with Crippen molar-refractivity contribution < 1.29 is 27.5 Å². The fourth-order valence-corrected chi connectivity index (χ4v) is 3.02. The molecule has 0 unspecified atom stereocenters. The van der Waals surface area contributed by atoms with Gasteiger partial charge in [-0.15, -0.1) is 0 Å². The SMILES string of the molecule is CCOC(=O)[C@H]1CC[C@H](N/C(=C(\C=N)C(=O)Cl)C(F)(F)F)C[C@H]1C. The lowest BCUT2D eigenvalue weighted by atomic mass is 9.78. The summed E-state index contributed by atoms with van der Waals surface area (Å²) in [6.07, 6.45) is -3.53. The van der Waals surface area contributed by atoms with Gasteiger partial charge in [0.2, 0.25) is 0 Å². The van der Waals surface area contributed by atoms with Gasteiger partial charge in [-0.05, 0) is 43.7 Å². The summed E-state index contributed by atoms with van der Waals surface area (Å²) < 4.78 is 44.5. The Morgan fingerprint density at radius 1 is 1.38 bits per heavy atom. The lowest BCUT2D eigenvalue weighted by Gasteiger charge is -2.34. The Morgan fingerprint density at radius 3 is 2.42 bits per heavy atom. The average molecular weight is 369 g/mol. The topological polar surface area (TPSA) is 79.2 Å². The van der Waals surface area contributed by atoms with Gasteiger partial charge < -0.3 is 15.5 Å². The Hall–Kier alpha value is -1.57. The summed E-state index contributed by atoms with van der Waals surface area (Å²) in [5.41, 5.74) is -2.24. The fourth-order valence-electron chi connectivity index (χ4n) is 2.87. The number of rotatable bonds is 6. The van der Waals surface area contributed by atoms with Gasteiger partial charge in [-0.1, -0.05) is 6.92 Å². The van der Waals surface area contributed by atoms with Crippen LogP contribution in [0.5, 0.6) is 0 Å². The highest BCUT2D eigenvalue weighted by Crippen LogP contribution is 2.34. The van der Waals surface area contributed by atoms with E-state index in [4.69, 9.17) is 21.7 Å². The molecular weight excluding hydrogens is 349 g/mol. The highest BCUT2D eigenvalue weighted by molar-refractivity contribution is 6.70. The lowest BCUT2D eigenvalue weighted by Crippen LogP contribution is -2.42. The molecule has 0 bridgehead atoms. The maximum absolute atomic E-state index is 13.2. The van der Waals surface area contributed by atoms with Crippen LogP contribution in [0.4, 0.5) is 13.2 Å². The summed E-state index contributed by atoms with van der Waals surface area (Å²) in [7, 11) is 0. The normalized spacial score (nSPS) is 25.5. The largest absolute Gasteiger partial charge is 0.466 e. The molecule has 0 saturated heterocycles. The second-order valence-corrected chi connectivity index (χ2v) is 6.04. The van der Waals surface area contributed by atoms with Gasteiger partial charge in [-0.3, -0.25) is 9.59 Å². The molecule has 24 heavy (non-hydrogen) atoms. The fraction of sp³-hybridized carbons (Fsp3) is 0.667. The number of hydrogen-bond donors (Lipinski definition) is 2. The Morgan fingerprint density at radius 2 is 2.00 bits per heavy atom. The van der Waals surface area contributed by atoms with E-state index in [1.165, 1.54) is 0 Å². The molecule has 5 nitrogen and oxygen atoms in total. The smallest absolute Gasteiger partial charge is 0.431 e. The summed E-state index contributed by atoms with van der Waals surface area (Å²) in [5.74, 6) is -0.857. The first-order chi connectivity index (χ1) is 11.1. The van der Waals surface area contributed by atoms with Crippen molar-refractivity contribution in [1.82, 2.24) is 5.32 Å². The van der Waals surface area contributed by atoms with E-state index in [0.717, 1.165) is 0 Å². The van der Waals surface area contributed by atoms with Gasteiger partial charge in [0.05, 0.1) is 18.1 Å². The minimum atomic E-state index is -4.83. The van der Waals surface area contributed by atoms with Crippen LogP contribution in [0.25, 0.3) is 0 Å². The minimum absolute atomic E-state index is 0.167. The van der Waals surface area contributed by atoms with Crippen molar-refractivity contribution in [3.8, 4) is 0 Å². The van der Waals surface area contributed by atoms with Crippen molar-refractivity contribution in [2.24, 2.45) is 11.8 Å². The number of esters is 1. The Labute approximate surface area is 143 Å². The van der Waals surface area contributed by atoms with Gasteiger partial charge in [0.15, 0.2) is 0 Å². The van der Waals surface area contributed by atoms with Crippen molar-refractivity contribution in [2.45, 2.75) is 45.3 Å². The summed E-state index contributed by atoms with van der Waals surface area (Å²) in [5, 5.41) is 7.95. The molecule has 1 fully saturated rings. The van der Waals surface area contributed by atoms with E-state index in [0.29, 0.717) is 25.5 Å². The van der Waals surface area contributed by atoms with E-state index >= 15 is 0 Å². The highest BCUT2D eigenvalue weighted by atomic mass is 35.5. The van der Waals surface area contributed by atoms with Crippen molar-refractivity contribution in [3.05, 3.63) is 11.3 Å². The molecule has 9 heteroatoms. The van der Waals surface area contributed by atoms with Gasteiger partial charge in [0.25, 0.3) is 5.24 Å². The molecule has 0 aromatic carbocycles. The van der Waals surface area contributed by atoms with Crippen molar-refractivity contribution in [3.63, 3.8) is 0 Å². The quantitative estimate of drug-likeness (QED) is 0.326. The van der Waals surface area contributed by atoms with Crippen LogP contribution in [0, 0.1) is 17.2 Å². The van der Waals surface area contributed by atoms with Crippen LogP contribution in [0.15, 0.2) is 11.3 Å². The Kier molecular flexibility index (Phi) is 7.26. The zero-order valence-electron chi connectivity index (χ0n) is 13.4. The molecule has 1 aliphatic rings. The van der Waals surface area contributed by atoms with Crippen molar-refractivity contribution >= 4 is 29.0 Å². The van der Waals surface area contributed by atoms with Crippen LogP contribution >= 0.6 is 11.6 Å². The van der Waals surface area contributed by atoms with Crippen molar-refractivity contribution in [1.29, 1.82) is 5.41 Å². The molecular formula is C15H20ClF3N2O3. The number of carbonyl (C=O) groups is 2. The zero-order valence-corrected chi connectivity index (χ0v) is 14.1. The molecule has 2 N–H and O–H groups in total. The number of hydrogen-bond acceptors (Lipinski definition) is 5. The number of nitrogens with one attached hydrogen (secondary N) is 2. The van der Waals surface area contributed by atoms with Gasteiger partial charge >= 0.3 is 12.1 Å². The number of ether oxygens (including phenoxy) is 1. The van der Waals surface area contributed by atoms with E-state index in [9.17, 15) is 22.8 Å². The summed E-state index contributed by atoms with van der Waals surface area (Å²) in [6, 6.07) is -0.576. The predicted molar refractivity (Wildman–Crippen MR) is 82.8 cm³/mol. The second-order valence-electron chi connectivity index (χ2n) is 5.69. The molecule has 136 valence electrons. The number of carbonyl (C=O) groups excluding carboxylic acids is 2. The summed E-state index contributed by atoms with van der Waals surface area (Å²) in [4.78, 5) is 23.0. The van der Waals surface area contributed by atoms with Crippen LogP contribution in [0.2, 0.25) is 0 Å². The third-order valence-corrected chi connectivity index (χ3v) is 4.22. The van der Waals surface area contributed by atoms with Crippen LogP contribution in [0.1, 0.15) is 33.1 Å². The third kappa shape index (κ3) is 5.22. The van der Waals surface area contributed by atoms with E-state index < -0.39 is 28.7 Å². The average Bonchev–Trinajstić information content (AvgIpc) is 2.46. The first-order valence-electron chi connectivity index (χ1n) is 7.56. The minimum Gasteiger partial charge on any atom is -0.466 e. The zero-order chi connectivity index (χ0) is 18.5. The lowest BCUT2D eigenvalue weighted by molar-refractivity contribution is -0.151. The number of alkyl halides is 3. The number of allylic oxidation sites excluding steroid dienone is 2. The van der Waals surface area contributed by atoms with Crippen LogP contribution in [-0.2, 0) is 14.3 Å². The standard InChI is InChI=1S/C15H20ClF3N2O3/c1-3-24-14(23)10-5-4-9(6-8(10)2)21-12(15(17,18)19)11(7-20)13(16)22/h7-10,20-21H,3-6H2,1-2H3/b12-11+,20-7?/t8-,9+,10+/m1/s1. The molecule has 1 rings (SSSR count). The Bertz CT molecular complexity index is 535. The first kappa shape index (κ1) is 20.5. The van der Waals surface area contributed by atoms with Gasteiger partial charge in [-0.2, -0.15) is 13.2 Å². The van der Waals surface area contributed by atoms with Crippen LogP contribution in [-0.4, -0.2) is 36.3 Å². The van der Waals surface area contributed by atoms with Gasteiger partial charge in [-0.25, -0.2) is 0 Å². The molecule has 0 radical (unpaired) electrons. The molecule has 0 heterocycles. The predicted octanol–water partition coefficient (Wildman–Crippen LogP) is 3.18. The van der Waals surface area contributed by atoms with E-state index in [1.54, 1.807) is 13.8 Å². The number of halogens is 4. The maximum atomic E-state index is 13.2. The molecule has 0 aromatic rings. The molecule has 0 aliphatic heterocycles. The van der Waals surface area contributed by atoms with Crippen LogP contribution in [0.3, 0.4) is 0 Å². The molecule has 0 spiro atoms. The maximum Gasteiger partial charge on any atom is 0.431 e. The van der Waals surface area contributed by atoms with E-state index in [-0.39, 0.29) is 24.4 Å². The summed E-state index contributed by atoms with van der Waals surface area (Å²) in [6.45, 7) is 3.72. The molecule has 1 saturated carbocycles. The second kappa shape index (κ2) is 8.50. The molecule has 0 aromatic heterocycles. The van der Waals surface area contributed by atoms with Crippen LogP contribution < -0.4 is 5.32 Å². The molecule has 3 atom stereocenters. The molecule has 0 amide bonds. The summed E-state index contributed by atoms with van der Waals surface area (Å²) >= 11 is 5.14.